The molecule has 5 nitrogen and oxygen atoms in total. The minimum atomic E-state index is -3.08. The van der Waals surface area contributed by atoms with Gasteiger partial charge in [0.25, 0.3) is 0 Å². The number of para-hydroxylation sites is 6. The number of fused-ring (bicyclic) bond motifs is 17. The van der Waals surface area contributed by atoms with E-state index in [4.69, 9.17) is 9.15 Å². The van der Waals surface area contributed by atoms with Gasteiger partial charge in [-0.3, -0.25) is 0 Å². The van der Waals surface area contributed by atoms with Crippen LogP contribution in [-0.4, -0.2) is 21.8 Å². The molecular weight excluding hydrogens is 1220 g/mol. The lowest BCUT2D eigenvalue weighted by atomic mass is 9.97. The predicted octanol–water partition coefficient (Wildman–Crippen LogP) is 21.7. The zero-order valence-electron chi connectivity index (χ0n) is 52.3. The molecule has 6 heterocycles. The molecule has 0 aliphatic carbocycles. The third kappa shape index (κ3) is 7.98. The van der Waals surface area contributed by atoms with Gasteiger partial charge < -0.3 is 22.9 Å². The molecule has 5 aromatic heterocycles. The van der Waals surface area contributed by atoms with E-state index in [0.717, 1.165) is 61.6 Å². The summed E-state index contributed by atoms with van der Waals surface area (Å²) in [5.74, 6) is 1.78. The van der Waals surface area contributed by atoms with E-state index in [2.05, 4.69) is 347 Å². The highest BCUT2D eigenvalue weighted by Gasteiger charge is 2.48. The van der Waals surface area contributed by atoms with E-state index in [1.54, 1.807) is 0 Å². The lowest BCUT2D eigenvalue weighted by molar-refractivity contribution is 0.487. The van der Waals surface area contributed by atoms with Crippen molar-refractivity contribution in [3.63, 3.8) is 0 Å². The highest BCUT2D eigenvalue weighted by molar-refractivity contribution is 7.26. The molecule has 0 N–H and O–H groups in total. The van der Waals surface area contributed by atoms with E-state index in [1.165, 1.54) is 129 Å². The molecule has 1 aliphatic heterocycles. The zero-order chi connectivity index (χ0) is 63.5. The van der Waals surface area contributed by atoms with E-state index >= 15 is 0 Å². The van der Waals surface area contributed by atoms with Gasteiger partial charge in [-0.1, -0.05) is 218 Å². The van der Waals surface area contributed by atoms with Crippen LogP contribution in [0.3, 0.4) is 0 Å². The second-order valence-corrected chi connectivity index (χ2v) is 30.6. The third-order valence-electron chi connectivity index (χ3n) is 20.8. The van der Waals surface area contributed by atoms with Gasteiger partial charge in [-0.15, -0.1) is 11.3 Å². The topological polar surface area (TPSA) is 37.2 Å². The number of rotatable bonds is 8. The van der Waals surface area contributed by atoms with Crippen LogP contribution in [0, 0.1) is 0 Å². The Hall–Kier alpha value is -12.3. The van der Waals surface area contributed by atoms with Gasteiger partial charge in [0.2, 0.25) is 0 Å². The number of benzene rings is 15. The van der Waals surface area contributed by atoms with Gasteiger partial charge in [0.05, 0.1) is 33.1 Å². The van der Waals surface area contributed by atoms with E-state index in [-0.39, 0.29) is 0 Å². The van der Waals surface area contributed by atoms with Crippen LogP contribution in [-0.2, 0) is 0 Å². The van der Waals surface area contributed by atoms with Gasteiger partial charge in [0.1, 0.15) is 22.7 Å². The van der Waals surface area contributed by atoms with Gasteiger partial charge >= 0.3 is 0 Å². The lowest BCUT2D eigenvalue weighted by Crippen LogP contribution is -2.76. The fourth-order valence-corrected chi connectivity index (χ4v) is 22.7. The SMILES string of the molecule is c1ccc([Si]2(c3ccc4oc5ccc(-n6c7ccccc7c7ccccc76)cc5c4c3)c3ccccc3Oc3cc(-c4ccc5sc6c(-c7cccc(-c8cccc(-n9c%10ccccc%10c%10cc(-n%11c%12ccccc%12c%12ccccc%12%11)ccc%109)c8)c7)cccc6c5c4)ccc32)cc1. The summed E-state index contributed by atoms with van der Waals surface area (Å²) in [6.07, 6.45) is 0. The Kier molecular flexibility index (Phi) is 11.7. The maximum Gasteiger partial charge on any atom is 0.188 e. The molecule has 7 heteroatoms. The first kappa shape index (κ1) is 54.2. The van der Waals surface area contributed by atoms with Crippen LogP contribution in [0.15, 0.2) is 338 Å². The standard InChI is InChI=1S/C90H55N3O2SSi/c1-2-23-64(24-3-1)97(65-43-46-84-75(55-65)74-54-63(42-45-83(74)94-84)93-79-34-11-6-27-69(79)70-28-7-12-35-80(70)93)88-38-15-14-37-85(88)95-86-52-59(40-48-89(86)97)58-39-47-87-76(51-58)72-31-18-30-66(90(72)96-87)60-21-16-19-56(49-60)57-20-17-22-61(50-57)91-81-36-13-8-29-71(81)73-53-62(41-44-82(73)91)92-77-32-9-4-25-67(77)68-26-5-10-33-78(68)92/h1-55H. The molecule has 20 aromatic rings. The molecule has 0 fully saturated rings. The number of aromatic nitrogens is 3. The van der Waals surface area contributed by atoms with Crippen molar-refractivity contribution in [3.05, 3.63) is 334 Å². The summed E-state index contributed by atoms with van der Waals surface area (Å²) in [5.41, 5.74) is 19.3. The summed E-state index contributed by atoms with van der Waals surface area (Å²) in [7, 11) is -3.08. The van der Waals surface area contributed by atoms with Crippen LogP contribution in [0.25, 0.3) is 158 Å². The van der Waals surface area contributed by atoms with Crippen LogP contribution in [0.2, 0.25) is 0 Å². The average molecular weight is 1270 g/mol. The summed E-state index contributed by atoms with van der Waals surface area (Å²) in [6.45, 7) is 0. The van der Waals surface area contributed by atoms with Gasteiger partial charge in [0, 0.05) is 80.3 Å². The minimum absolute atomic E-state index is 0.867. The van der Waals surface area contributed by atoms with Gasteiger partial charge in [0.15, 0.2) is 8.07 Å². The Morgan fingerprint density at radius 1 is 0.258 bits per heavy atom. The molecule has 15 aromatic carbocycles. The van der Waals surface area contributed by atoms with E-state index in [0.29, 0.717) is 0 Å². The maximum atomic E-state index is 7.17. The molecule has 1 unspecified atom stereocenters. The van der Waals surface area contributed by atoms with Crippen molar-refractivity contribution in [2.75, 3.05) is 0 Å². The molecule has 97 heavy (non-hydrogen) atoms. The molecule has 1 aliphatic rings. The van der Waals surface area contributed by atoms with Crippen molar-refractivity contribution >= 4 is 148 Å². The first-order chi connectivity index (χ1) is 48.1. The maximum absolute atomic E-state index is 7.17. The Balaban J connectivity index is 0.643. The quantitative estimate of drug-likeness (QED) is 0.142. The molecule has 1 atom stereocenters. The molecular formula is C90H55N3O2SSi. The second kappa shape index (κ2) is 20.9. The number of furan rings is 1. The number of thiophene rings is 1. The van der Waals surface area contributed by atoms with Crippen molar-refractivity contribution in [1.29, 1.82) is 0 Å². The molecule has 0 saturated carbocycles. The monoisotopic (exact) mass is 1270 g/mol. The molecule has 0 radical (unpaired) electrons. The van der Waals surface area contributed by atoms with Crippen LogP contribution in [0.1, 0.15) is 0 Å². The van der Waals surface area contributed by atoms with Gasteiger partial charge in [-0.25, -0.2) is 0 Å². The highest BCUT2D eigenvalue weighted by atomic mass is 32.1. The van der Waals surface area contributed by atoms with Crippen molar-refractivity contribution in [2.24, 2.45) is 0 Å². The van der Waals surface area contributed by atoms with E-state index in [9.17, 15) is 0 Å². The van der Waals surface area contributed by atoms with Crippen LogP contribution in [0.4, 0.5) is 0 Å². The summed E-state index contributed by atoms with van der Waals surface area (Å²) in [4.78, 5) is 0. The molecule has 0 spiro atoms. The van der Waals surface area contributed by atoms with Crippen molar-refractivity contribution in [3.8, 4) is 61.9 Å². The molecule has 0 amide bonds. The smallest absolute Gasteiger partial charge is 0.188 e. The van der Waals surface area contributed by atoms with Crippen LogP contribution in [0.5, 0.6) is 11.5 Å². The fourth-order valence-electron chi connectivity index (χ4n) is 16.5. The fraction of sp³-hybridized carbons (Fsp3) is 0. The predicted molar refractivity (Wildman–Crippen MR) is 410 cm³/mol. The van der Waals surface area contributed by atoms with Crippen molar-refractivity contribution in [2.45, 2.75) is 0 Å². The summed E-state index contributed by atoms with van der Waals surface area (Å²) >= 11 is 1.87. The Bertz CT molecular complexity index is 6600. The largest absolute Gasteiger partial charge is 0.458 e. The minimum Gasteiger partial charge on any atom is -0.458 e. The Morgan fingerprint density at radius 3 is 1.43 bits per heavy atom. The van der Waals surface area contributed by atoms with Crippen LogP contribution >= 0.6 is 11.3 Å². The molecule has 0 saturated heterocycles. The highest BCUT2D eigenvalue weighted by Crippen LogP contribution is 2.45. The van der Waals surface area contributed by atoms with E-state index < -0.39 is 8.07 Å². The van der Waals surface area contributed by atoms with Gasteiger partial charge in [-0.2, -0.15) is 0 Å². The number of hydrogen-bond donors (Lipinski definition) is 0. The van der Waals surface area contributed by atoms with Crippen molar-refractivity contribution < 1.29 is 9.15 Å². The summed E-state index contributed by atoms with van der Waals surface area (Å²) in [6, 6.07) is 123. The second-order valence-electron chi connectivity index (χ2n) is 25.8. The van der Waals surface area contributed by atoms with Crippen molar-refractivity contribution in [1.82, 2.24) is 13.7 Å². The Labute approximate surface area is 562 Å². The Morgan fingerprint density at radius 2 is 0.742 bits per heavy atom. The first-order valence-electron chi connectivity index (χ1n) is 33.2. The zero-order valence-corrected chi connectivity index (χ0v) is 54.1. The molecule has 21 rings (SSSR count). The summed E-state index contributed by atoms with van der Waals surface area (Å²) < 4.78 is 23.7. The first-order valence-corrected chi connectivity index (χ1v) is 36.0. The van der Waals surface area contributed by atoms with E-state index in [1.807, 2.05) is 11.3 Å². The number of hydrogen-bond acceptors (Lipinski definition) is 3. The van der Waals surface area contributed by atoms with Crippen LogP contribution < -0.4 is 25.5 Å². The number of nitrogens with zero attached hydrogens (tertiary/aromatic N) is 3. The third-order valence-corrected chi connectivity index (χ3v) is 26.8. The number of ether oxygens (including phenoxy) is 1. The normalized spacial score (nSPS) is 13.9. The molecule has 0 bridgehead atoms. The summed E-state index contributed by atoms with van der Waals surface area (Å²) in [5, 5.41) is 17.2. The lowest BCUT2D eigenvalue weighted by Gasteiger charge is -2.39. The average Bonchev–Trinajstić information content (AvgIpc) is 1.27. The molecule has 452 valence electrons. The van der Waals surface area contributed by atoms with Gasteiger partial charge in [-0.05, 0) is 169 Å².